The number of benzene rings is 2. The number of rotatable bonds is 2. The Labute approximate surface area is 118 Å². The van der Waals surface area contributed by atoms with Gasteiger partial charge in [0.2, 0.25) is 0 Å². The van der Waals surface area contributed by atoms with Crippen LogP contribution in [0.3, 0.4) is 0 Å². The van der Waals surface area contributed by atoms with Gasteiger partial charge in [0.15, 0.2) is 0 Å². The molecule has 1 heterocycles. The van der Waals surface area contributed by atoms with Crippen molar-refractivity contribution in [3.8, 4) is 5.75 Å². The minimum absolute atomic E-state index is 0.00848. The van der Waals surface area contributed by atoms with Crippen LogP contribution in [0.25, 0.3) is 10.8 Å². The van der Waals surface area contributed by atoms with Crippen LogP contribution in [0.5, 0.6) is 5.75 Å². The van der Waals surface area contributed by atoms with Crippen molar-refractivity contribution in [2.75, 3.05) is 0 Å². The van der Waals surface area contributed by atoms with Crippen LogP contribution < -0.4 is 0 Å². The summed E-state index contributed by atoms with van der Waals surface area (Å²) < 4.78 is 38.6. The average molecular weight is 292 g/mol. The summed E-state index contributed by atoms with van der Waals surface area (Å²) >= 11 is 0. The Morgan fingerprint density at radius 2 is 1.86 bits per heavy atom. The van der Waals surface area contributed by atoms with Gasteiger partial charge in [0.05, 0.1) is 6.20 Å². The molecular formula is C15H11F3N2O. The van der Waals surface area contributed by atoms with Crippen LogP contribution in [0.1, 0.15) is 16.8 Å². The smallest absolute Gasteiger partial charge is 0.433 e. The Bertz CT molecular complexity index is 793. The number of aromatic nitrogens is 2. The van der Waals surface area contributed by atoms with Crippen LogP contribution in [0, 0.1) is 0 Å². The number of nitrogens with zero attached hydrogens (tertiary/aromatic N) is 1. The highest BCUT2D eigenvalue weighted by Crippen LogP contribution is 2.34. The quantitative estimate of drug-likeness (QED) is 0.753. The minimum atomic E-state index is -4.49. The number of hydrogen-bond donors (Lipinski definition) is 2. The average Bonchev–Trinajstić information content (AvgIpc) is 2.90. The molecule has 0 unspecified atom stereocenters. The SMILES string of the molecule is Oc1ccc2ccccc2c1Cc1cn[nH]c1C(F)(F)F. The van der Waals surface area contributed by atoms with E-state index in [1.165, 1.54) is 6.07 Å². The molecule has 0 aliphatic rings. The number of H-pyrrole nitrogens is 1. The molecule has 0 aliphatic carbocycles. The highest BCUT2D eigenvalue weighted by atomic mass is 19.4. The molecule has 0 aliphatic heterocycles. The Morgan fingerprint density at radius 3 is 2.62 bits per heavy atom. The second kappa shape index (κ2) is 4.80. The van der Waals surface area contributed by atoms with Crippen LogP contribution in [-0.2, 0) is 12.6 Å². The number of aromatic hydroxyl groups is 1. The van der Waals surface area contributed by atoms with Crippen molar-refractivity contribution in [3.63, 3.8) is 0 Å². The van der Waals surface area contributed by atoms with Crippen molar-refractivity contribution in [1.29, 1.82) is 0 Å². The summed E-state index contributed by atoms with van der Waals surface area (Å²) in [5.41, 5.74) is -0.413. The lowest BCUT2D eigenvalue weighted by molar-refractivity contribution is -0.141. The maximum Gasteiger partial charge on any atom is 0.433 e. The first-order chi connectivity index (χ1) is 9.97. The summed E-state index contributed by atoms with van der Waals surface area (Å²) in [6.07, 6.45) is -3.39. The Hall–Kier alpha value is -2.50. The van der Waals surface area contributed by atoms with Crippen molar-refractivity contribution >= 4 is 10.8 Å². The van der Waals surface area contributed by atoms with E-state index < -0.39 is 11.9 Å². The normalized spacial score (nSPS) is 12.0. The largest absolute Gasteiger partial charge is 0.508 e. The fourth-order valence-electron chi connectivity index (χ4n) is 2.39. The summed E-state index contributed by atoms with van der Waals surface area (Å²) in [5, 5.41) is 17.0. The van der Waals surface area contributed by atoms with Crippen LogP contribution >= 0.6 is 0 Å². The van der Waals surface area contributed by atoms with E-state index in [9.17, 15) is 18.3 Å². The Morgan fingerprint density at radius 1 is 1.10 bits per heavy atom. The number of fused-ring (bicyclic) bond motifs is 1. The second-order valence-corrected chi connectivity index (χ2v) is 4.73. The first-order valence-corrected chi connectivity index (χ1v) is 6.26. The standard InChI is InChI=1S/C15H11F3N2O/c16-15(17,18)14-10(8-19-20-14)7-12-11-4-2-1-3-9(11)5-6-13(12)21/h1-6,8,21H,7H2,(H,19,20). The molecule has 0 radical (unpaired) electrons. The molecule has 1 aromatic heterocycles. The molecule has 3 nitrogen and oxygen atoms in total. The van der Waals surface area contributed by atoms with Gasteiger partial charge in [-0.3, -0.25) is 5.10 Å². The summed E-state index contributed by atoms with van der Waals surface area (Å²) in [6, 6.07) is 10.5. The van der Waals surface area contributed by atoms with E-state index in [0.29, 0.717) is 5.56 Å². The van der Waals surface area contributed by atoms with Gasteiger partial charge in [0.25, 0.3) is 0 Å². The highest BCUT2D eigenvalue weighted by Gasteiger charge is 2.35. The maximum absolute atomic E-state index is 12.9. The summed E-state index contributed by atoms with van der Waals surface area (Å²) in [7, 11) is 0. The molecule has 3 aromatic rings. The third kappa shape index (κ3) is 2.44. The fourth-order valence-corrected chi connectivity index (χ4v) is 2.39. The van der Waals surface area contributed by atoms with E-state index in [1.54, 1.807) is 18.2 Å². The van der Waals surface area contributed by atoms with Crippen molar-refractivity contribution in [3.05, 3.63) is 59.4 Å². The Kier molecular flexibility index (Phi) is 3.08. The molecule has 0 spiro atoms. The van der Waals surface area contributed by atoms with Crippen LogP contribution in [-0.4, -0.2) is 15.3 Å². The predicted octanol–water partition coefficient (Wildman–Crippen LogP) is 3.88. The number of phenolic OH excluding ortho intramolecular Hbond substituents is 1. The van der Waals surface area contributed by atoms with Gasteiger partial charge in [-0.2, -0.15) is 18.3 Å². The van der Waals surface area contributed by atoms with Gasteiger partial charge in [-0.05, 0) is 16.8 Å². The van der Waals surface area contributed by atoms with E-state index in [1.807, 2.05) is 17.2 Å². The third-order valence-electron chi connectivity index (χ3n) is 3.38. The number of alkyl halides is 3. The molecular weight excluding hydrogens is 281 g/mol. The zero-order chi connectivity index (χ0) is 15.0. The molecule has 3 rings (SSSR count). The van der Waals surface area contributed by atoms with Crippen molar-refractivity contribution in [2.45, 2.75) is 12.6 Å². The zero-order valence-electron chi connectivity index (χ0n) is 10.8. The molecule has 6 heteroatoms. The van der Waals surface area contributed by atoms with E-state index >= 15 is 0 Å². The van der Waals surface area contributed by atoms with Crippen LogP contribution in [0.15, 0.2) is 42.6 Å². The summed E-state index contributed by atoms with van der Waals surface area (Å²) in [5.74, 6) is -0.0250. The Balaban J connectivity index is 2.11. The number of halogens is 3. The highest BCUT2D eigenvalue weighted by molar-refractivity contribution is 5.88. The molecule has 0 saturated carbocycles. The van der Waals surface area contributed by atoms with E-state index in [4.69, 9.17) is 0 Å². The first kappa shape index (κ1) is 13.5. The monoisotopic (exact) mass is 292 g/mol. The summed E-state index contributed by atoms with van der Waals surface area (Å²) in [6.45, 7) is 0. The van der Waals surface area contributed by atoms with Gasteiger partial charge in [-0.1, -0.05) is 30.3 Å². The van der Waals surface area contributed by atoms with E-state index in [2.05, 4.69) is 5.10 Å². The van der Waals surface area contributed by atoms with Gasteiger partial charge in [0.1, 0.15) is 11.4 Å². The minimum Gasteiger partial charge on any atom is -0.508 e. The molecule has 0 saturated heterocycles. The fraction of sp³-hybridized carbons (Fsp3) is 0.133. The molecule has 0 atom stereocenters. The van der Waals surface area contributed by atoms with Gasteiger partial charge < -0.3 is 5.11 Å². The summed E-state index contributed by atoms with van der Waals surface area (Å²) in [4.78, 5) is 0. The number of hydrogen-bond acceptors (Lipinski definition) is 2. The molecule has 0 bridgehead atoms. The molecule has 2 N–H and O–H groups in total. The van der Waals surface area contributed by atoms with Crippen molar-refractivity contribution in [1.82, 2.24) is 10.2 Å². The molecule has 2 aromatic carbocycles. The van der Waals surface area contributed by atoms with Gasteiger partial charge >= 0.3 is 6.18 Å². The number of nitrogens with one attached hydrogen (secondary N) is 1. The van der Waals surface area contributed by atoms with Crippen molar-refractivity contribution < 1.29 is 18.3 Å². The lowest BCUT2D eigenvalue weighted by atomic mass is 9.97. The molecule has 21 heavy (non-hydrogen) atoms. The van der Waals surface area contributed by atoms with Gasteiger partial charge in [-0.25, -0.2) is 0 Å². The van der Waals surface area contributed by atoms with Crippen molar-refractivity contribution in [2.24, 2.45) is 0 Å². The lowest BCUT2D eigenvalue weighted by Gasteiger charge is -2.11. The van der Waals surface area contributed by atoms with Gasteiger partial charge in [0, 0.05) is 17.5 Å². The van der Waals surface area contributed by atoms with Crippen LogP contribution in [0.4, 0.5) is 13.2 Å². The lowest BCUT2D eigenvalue weighted by Crippen LogP contribution is -2.09. The molecule has 0 amide bonds. The zero-order valence-corrected chi connectivity index (χ0v) is 10.8. The van der Waals surface area contributed by atoms with E-state index in [0.717, 1.165) is 17.0 Å². The molecule has 0 fully saturated rings. The first-order valence-electron chi connectivity index (χ1n) is 6.26. The molecule has 108 valence electrons. The number of phenols is 1. The van der Waals surface area contributed by atoms with Crippen LogP contribution in [0.2, 0.25) is 0 Å². The second-order valence-electron chi connectivity index (χ2n) is 4.73. The third-order valence-corrected chi connectivity index (χ3v) is 3.38. The predicted molar refractivity (Wildman–Crippen MR) is 72.0 cm³/mol. The van der Waals surface area contributed by atoms with Gasteiger partial charge in [-0.15, -0.1) is 0 Å². The van der Waals surface area contributed by atoms with E-state index in [-0.39, 0.29) is 17.7 Å². The topological polar surface area (TPSA) is 48.9 Å². The maximum atomic E-state index is 12.9. The number of aromatic amines is 1.